The van der Waals surface area contributed by atoms with Crippen molar-refractivity contribution in [3.63, 3.8) is 0 Å². The molecule has 0 aliphatic heterocycles. The van der Waals surface area contributed by atoms with Gasteiger partial charge in [0.05, 0.1) is 76.2 Å². The van der Waals surface area contributed by atoms with Crippen LogP contribution in [-0.2, 0) is 68.3 Å². The van der Waals surface area contributed by atoms with Crippen molar-refractivity contribution in [1.82, 2.24) is 29.9 Å². The van der Waals surface area contributed by atoms with E-state index < -0.39 is 23.9 Å². The van der Waals surface area contributed by atoms with Crippen LogP contribution < -0.4 is 93.2 Å². The average Bonchev–Trinajstić information content (AvgIpc) is 0.836. The van der Waals surface area contributed by atoms with Crippen molar-refractivity contribution in [3.05, 3.63) is 358 Å². The van der Waals surface area contributed by atoms with E-state index in [0.29, 0.717) is 120 Å². The van der Waals surface area contributed by atoms with Crippen LogP contribution >= 0.6 is 0 Å². The summed E-state index contributed by atoms with van der Waals surface area (Å²) in [5.74, 6) is -5.12. The Hall–Kier alpha value is -16.8. The summed E-state index contributed by atoms with van der Waals surface area (Å²) in [7, 11) is 0. The molecular formula is C100H82Fe4N20O16. The second kappa shape index (κ2) is 61.2. The largest absolute Gasteiger partial charge is 3.00 e. The molecule has 0 saturated carbocycles. The molecule has 140 heavy (non-hydrogen) atoms. The Balaban J connectivity index is 0.000000295. The second-order valence-corrected chi connectivity index (χ2v) is 28.0. The fourth-order valence-electron chi connectivity index (χ4n) is 11.2. The minimum Gasteiger partial charge on any atom is -0.872 e. The predicted molar refractivity (Wildman–Crippen MR) is 500 cm³/mol. The summed E-state index contributed by atoms with van der Waals surface area (Å²) >= 11 is 0. The Kier molecular flexibility index (Phi) is 48.9. The fourth-order valence-corrected chi connectivity index (χ4v) is 11.2. The smallest absolute Gasteiger partial charge is 0.872 e. The summed E-state index contributed by atoms with van der Waals surface area (Å²) in [6.45, 7) is 4.23. The maximum atomic E-state index is 11.4. The molecule has 12 aromatic carbocycles. The molecule has 4 radical (unpaired) electrons. The topological polar surface area (TPSA) is 593 Å². The molecule has 0 aliphatic carbocycles. The summed E-state index contributed by atoms with van der Waals surface area (Å²) in [6.07, 6.45) is 12.4. The van der Waals surface area contributed by atoms with Crippen LogP contribution in [0.15, 0.2) is 331 Å². The van der Waals surface area contributed by atoms with Crippen LogP contribution in [0.4, 0.5) is 58.4 Å². The fraction of sp³-hybridized carbons (Fsp3) is 0.100. The van der Waals surface area contributed by atoms with Gasteiger partial charge in [-0.1, -0.05) is 243 Å². The van der Waals surface area contributed by atoms with Crippen LogP contribution in [0.5, 0.6) is 46.0 Å². The number of carbonyl (C=O) groups is 4. The number of aromatic carboxylic acids is 4. The third kappa shape index (κ3) is 39.6. The van der Waals surface area contributed by atoms with Gasteiger partial charge < -0.3 is 112 Å². The van der Waals surface area contributed by atoms with Crippen molar-refractivity contribution in [2.75, 3.05) is 97.3 Å². The molecule has 40 heteroatoms. The van der Waals surface area contributed by atoms with Gasteiger partial charge in [-0.3, -0.25) is 39.9 Å². The van der Waals surface area contributed by atoms with Crippen LogP contribution in [0, 0.1) is 0 Å². The van der Waals surface area contributed by atoms with Crippen LogP contribution in [0.3, 0.4) is 0 Å². The van der Waals surface area contributed by atoms with E-state index in [1.807, 2.05) is 0 Å². The second-order valence-electron chi connectivity index (χ2n) is 28.0. The van der Waals surface area contributed by atoms with Crippen molar-refractivity contribution in [3.8, 4) is 46.0 Å². The number of carbonyl (C=O) groups excluding carboxylic acids is 4. The average molecular weight is 2040 g/mol. The third-order valence-electron chi connectivity index (χ3n) is 18.1. The standard InChI is InChI=1S/C36H30N12O8.4C16H16N2O2.4Fe/c49-27(50)19-1-9-23(10-2-19)39-33-43-31(44-34(47-33)40-24-11-3-20(4-12-24)28(51)52)37-17-18-38-32-45-35(41-25-13-5-21(6-14-25)29(53)54)48-36(46-32)42-26-15-7-22(8-16-26)30(55)56;4*19-15-7-3-1-5-13(15)11-17-9-10-18-12-14-6-2-4-8-16(14)20;;;;/h1-16H,17-18H2,(H,49,50)(H,51,52)(H,53,54)(H,55,56)(H3,37,39,40,43,44,47)(H3,38,41,42,45,46,48);4*1-8,11-12,19-20H,9-10H2;;;;/q;;;;;4*+3/p-12. The minimum atomic E-state index is -1.33. The van der Waals surface area contributed by atoms with Gasteiger partial charge in [-0.15, -0.1) is 46.0 Å². The number of para-hydroxylation sites is 8. The van der Waals surface area contributed by atoms with Crippen LogP contribution in [0.1, 0.15) is 85.9 Å². The van der Waals surface area contributed by atoms with Gasteiger partial charge in [0, 0.05) is 85.6 Å². The summed E-state index contributed by atoms with van der Waals surface area (Å²) in [5.41, 5.74) is 6.34. The summed E-state index contributed by atoms with van der Waals surface area (Å²) in [4.78, 5) is 104. The SMILES string of the molecule is O=C([O-])c1ccc(Nc2nc(NCCNc3nc(Nc4ccc(C(=O)[O-])cc4)nc(Nc4ccc(C(=O)[O-])cc4)n3)nc(Nc3ccc(C(=O)[O-])cc3)n2)cc1.[Fe+3].[Fe+3].[Fe+3].[Fe+3].[O-]c1ccccc1C=NCCN=Cc1ccccc1[O-].[O-]c1ccccc1C=NCCN=Cc1ccccc1[O-].[O-]c1ccccc1C=NCCN=Cc1ccccc1[O-].[O-]c1ccccc1C=NCCN=Cc1ccccc1[O-]. The molecule has 0 saturated heterocycles. The summed E-state index contributed by atoms with van der Waals surface area (Å²) < 4.78 is 0. The zero-order valence-corrected chi connectivity index (χ0v) is 78.0. The first-order chi connectivity index (χ1) is 66.0. The minimum absolute atomic E-state index is 0. The van der Waals surface area contributed by atoms with Gasteiger partial charge >= 0.3 is 68.3 Å². The molecule has 2 aromatic heterocycles. The third-order valence-corrected chi connectivity index (χ3v) is 18.1. The molecule has 6 N–H and O–H groups in total. The maximum Gasteiger partial charge on any atom is 3.00 e. The number of nitrogens with one attached hydrogen (secondary N) is 6. The normalized spacial score (nSPS) is 10.7. The number of benzene rings is 12. The molecule has 0 aliphatic rings. The molecule has 0 spiro atoms. The molecule has 0 atom stereocenters. The number of carboxylic acid groups (broad SMARTS) is 4. The monoisotopic (exact) mass is 2040 g/mol. The zero-order valence-electron chi connectivity index (χ0n) is 73.6. The maximum absolute atomic E-state index is 11.4. The van der Waals surface area contributed by atoms with E-state index in [0.717, 1.165) is 0 Å². The first-order valence-electron chi connectivity index (χ1n) is 41.5. The van der Waals surface area contributed by atoms with E-state index in [9.17, 15) is 80.5 Å². The predicted octanol–water partition coefficient (Wildman–Crippen LogP) is 5.49. The van der Waals surface area contributed by atoms with Gasteiger partial charge in [0.1, 0.15) is 0 Å². The molecular weight excluding hydrogens is 1960 g/mol. The van der Waals surface area contributed by atoms with Crippen molar-refractivity contribution >= 4 is 132 Å². The van der Waals surface area contributed by atoms with E-state index in [-0.39, 0.29) is 185 Å². The van der Waals surface area contributed by atoms with Crippen molar-refractivity contribution in [2.45, 2.75) is 0 Å². The van der Waals surface area contributed by atoms with Crippen LogP contribution in [0.25, 0.3) is 0 Å². The number of hydrogen-bond donors (Lipinski definition) is 6. The summed E-state index contributed by atoms with van der Waals surface area (Å²) in [6, 6.07) is 76.7. The number of nitrogens with zero attached hydrogens (tertiary/aromatic N) is 14. The van der Waals surface area contributed by atoms with E-state index in [1.165, 1.54) is 146 Å². The molecule has 14 aromatic rings. The van der Waals surface area contributed by atoms with Gasteiger partial charge in [-0.05, 0) is 115 Å². The number of carboxylic acids is 4. The van der Waals surface area contributed by atoms with Crippen molar-refractivity contribution in [2.24, 2.45) is 39.9 Å². The van der Waals surface area contributed by atoms with Gasteiger partial charge in [-0.2, -0.15) is 29.9 Å². The van der Waals surface area contributed by atoms with Crippen LogP contribution in [0.2, 0.25) is 0 Å². The molecule has 0 bridgehead atoms. The number of rotatable bonds is 37. The van der Waals surface area contributed by atoms with E-state index in [1.54, 1.807) is 195 Å². The van der Waals surface area contributed by atoms with Crippen molar-refractivity contribution in [1.29, 1.82) is 0 Å². The first-order valence-corrected chi connectivity index (χ1v) is 41.5. The molecule has 710 valence electrons. The summed E-state index contributed by atoms with van der Waals surface area (Å²) in [5, 5.41) is 154. The quantitative estimate of drug-likeness (QED) is 0.0159. The zero-order chi connectivity index (χ0) is 96.4. The molecule has 0 fully saturated rings. The van der Waals surface area contributed by atoms with E-state index in [4.69, 9.17) is 0 Å². The Morgan fingerprint density at radius 1 is 0.207 bits per heavy atom. The first kappa shape index (κ1) is 112. The van der Waals surface area contributed by atoms with Gasteiger partial charge in [0.2, 0.25) is 35.7 Å². The Morgan fingerprint density at radius 3 is 0.479 bits per heavy atom. The van der Waals surface area contributed by atoms with Gasteiger partial charge in [0.25, 0.3) is 0 Å². The van der Waals surface area contributed by atoms with Gasteiger partial charge in [0.15, 0.2) is 0 Å². The Bertz CT molecular complexity index is 5560. The number of aromatic nitrogens is 6. The molecule has 0 unspecified atom stereocenters. The van der Waals surface area contributed by atoms with Crippen molar-refractivity contribution < 1.29 is 149 Å². The van der Waals surface area contributed by atoms with Crippen LogP contribution in [-0.4, -0.2) is 169 Å². The molecule has 36 nitrogen and oxygen atoms in total. The van der Waals surface area contributed by atoms with E-state index >= 15 is 0 Å². The number of anilines is 10. The van der Waals surface area contributed by atoms with E-state index in [2.05, 4.69) is 102 Å². The number of aliphatic imine (C=N–C) groups is 8. The Labute approximate surface area is 846 Å². The molecule has 2 heterocycles. The molecule has 0 amide bonds. The number of hydrogen-bond acceptors (Lipinski definition) is 36. The Morgan fingerprint density at radius 2 is 0.343 bits per heavy atom. The van der Waals surface area contributed by atoms with Gasteiger partial charge in [-0.25, -0.2) is 0 Å². The molecule has 14 rings (SSSR count).